The molecule has 2 nitrogen and oxygen atoms in total. The van der Waals surface area contributed by atoms with Gasteiger partial charge in [-0.2, -0.15) is 0 Å². The van der Waals surface area contributed by atoms with Crippen molar-refractivity contribution in [1.82, 2.24) is 0 Å². The van der Waals surface area contributed by atoms with Crippen LogP contribution >= 0.6 is 10.7 Å². The standard InChI is InChI=1S/C13H9ClF2O2S/c1-8-3-2-4-11(13(8)19(14,17)18)10-6-5-9(15)7-12(10)16/h2-7H,1H3. The fourth-order valence-electron chi connectivity index (χ4n) is 1.90. The molecule has 100 valence electrons. The second-order valence-corrected chi connectivity index (χ2v) is 6.52. The van der Waals surface area contributed by atoms with Gasteiger partial charge in [-0.15, -0.1) is 0 Å². The molecule has 0 unspecified atom stereocenters. The van der Waals surface area contributed by atoms with Crippen LogP contribution in [0, 0.1) is 18.6 Å². The van der Waals surface area contributed by atoms with Crippen LogP contribution in [0.15, 0.2) is 41.3 Å². The maximum Gasteiger partial charge on any atom is 0.262 e. The first-order valence-corrected chi connectivity index (χ1v) is 7.61. The zero-order chi connectivity index (χ0) is 14.2. The lowest BCUT2D eigenvalue weighted by Crippen LogP contribution is -1.99. The van der Waals surface area contributed by atoms with Crippen LogP contribution in [0.25, 0.3) is 11.1 Å². The van der Waals surface area contributed by atoms with Crippen molar-refractivity contribution in [3.8, 4) is 11.1 Å². The summed E-state index contributed by atoms with van der Waals surface area (Å²) in [4.78, 5) is -0.165. The number of benzene rings is 2. The minimum Gasteiger partial charge on any atom is -0.207 e. The summed E-state index contributed by atoms with van der Waals surface area (Å²) in [7, 11) is 1.35. The third-order valence-corrected chi connectivity index (χ3v) is 4.17. The zero-order valence-electron chi connectivity index (χ0n) is 9.82. The van der Waals surface area contributed by atoms with Crippen molar-refractivity contribution in [3.63, 3.8) is 0 Å². The first kappa shape index (κ1) is 14.0. The molecule has 0 N–H and O–H groups in total. The van der Waals surface area contributed by atoms with E-state index in [-0.39, 0.29) is 16.0 Å². The lowest BCUT2D eigenvalue weighted by Gasteiger charge is -2.10. The van der Waals surface area contributed by atoms with E-state index >= 15 is 0 Å². The molecule has 0 spiro atoms. The van der Waals surface area contributed by atoms with E-state index in [1.54, 1.807) is 19.1 Å². The lowest BCUT2D eigenvalue weighted by molar-refractivity contribution is 0.585. The molecule has 0 aliphatic carbocycles. The summed E-state index contributed by atoms with van der Waals surface area (Å²) in [6.45, 7) is 1.56. The van der Waals surface area contributed by atoms with Gasteiger partial charge in [0.15, 0.2) is 0 Å². The molecule has 0 bridgehead atoms. The average Bonchev–Trinajstić information content (AvgIpc) is 2.26. The Kier molecular flexibility index (Phi) is 3.60. The first-order chi connectivity index (χ1) is 8.80. The summed E-state index contributed by atoms with van der Waals surface area (Å²) in [5, 5.41) is 0. The highest BCUT2D eigenvalue weighted by molar-refractivity contribution is 8.13. The van der Waals surface area contributed by atoms with E-state index in [0.717, 1.165) is 6.07 Å². The Morgan fingerprint density at radius 1 is 1.05 bits per heavy atom. The van der Waals surface area contributed by atoms with E-state index in [1.807, 2.05) is 0 Å². The third-order valence-electron chi connectivity index (χ3n) is 2.68. The van der Waals surface area contributed by atoms with Gasteiger partial charge in [0.2, 0.25) is 0 Å². The largest absolute Gasteiger partial charge is 0.262 e. The predicted molar refractivity (Wildman–Crippen MR) is 69.6 cm³/mol. The van der Waals surface area contributed by atoms with E-state index in [4.69, 9.17) is 10.7 Å². The normalized spacial score (nSPS) is 11.6. The van der Waals surface area contributed by atoms with Crippen LogP contribution in [0.2, 0.25) is 0 Å². The van der Waals surface area contributed by atoms with Gasteiger partial charge in [0.1, 0.15) is 11.6 Å². The molecule has 0 saturated carbocycles. The fourth-order valence-corrected chi connectivity index (χ4v) is 3.40. The average molecular weight is 303 g/mol. The van der Waals surface area contributed by atoms with Gasteiger partial charge in [-0.3, -0.25) is 0 Å². The third kappa shape index (κ3) is 2.77. The maximum atomic E-state index is 13.8. The van der Waals surface area contributed by atoms with Gasteiger partial charge in [0, 0.05) is 27.9 Å². The van der Waals surface area contributed by atoms with Crippen LogP contribution < -0.4 is 0 Å². The van der Waals surface area contributed by atoms with Crippen LogP contribution in [-0.4, -0.2) is 8.42 Å². The Morgan fingerprint density at radius 2 is 1.74 bits per heavy atom. The smallest absolute Gasteiger partial charge is 0.207 e. The van der Waals surface area contributed by atoms with Crippen molar-refractivity contribution in [1.29, 1.82) is 0 Å². The second kappa shape index (κ2) is 4.90. The van der Waals surface area contributed by atoms with Gasteiger partial charge in [0.25, 0.3) is 9.05 Å². The number of rotatable bonds is 2. The van der Waals surface area contributed by atoms with Crippen LogP contribution in [-0.2, 0) is 9.05 Å². The number of halogens is 3. The molecule has 0 aromatic heterocycles. The molecular weight excluding hydrogens is 294 g/mol. The van der Waals surface area contributed by atoms with Crippen molar-refractivity contribution in [2.45, 2.75) is 11.8 Å². The maximum absolute atomic E-state index is 13.8. The SMILES string of the molecule is Cc1cccc(-c2ccc(F)cc2F)c1S(=O)(=O)Cl. The zero-order valence-corrected chi connectivity index (χ0v) is 11.4. The summed E-state index contributed by atoms with van der Waals surface area (Å²) in [5.74, 6) is -1.57. The van der Waals surface area contributed by atoms with Crippen molar-refractivity contribution in [2.24, 2.45) is 0 Å². The molecule has 0 radical (unpaired) electrons. The highest BCUT2D eigenvalue weighted by Gasteiger charge is 2.21. The molecule has 2 rings (SSSR count). The number of hydrogen-bond donors (Lipinski definition) is 0. The number of aryl methyl sites for hydroxylation is 1. The Balaban J connectivity index is 2.80. The molecular formula is C13H9ClF2O2S. The van der Waals surface area contributed by atoms with Crippen molar-refractivity contribution in [2.75, 3.05) is 0 Å². The van der Waals surface area contributed by atoms with Crippen molar-refractivity contribution >= 4 is 19.7 Å². The molecule has 2 aromatic carbocycles. The highest BCUT2D eigenvalue weighted by Crippen LogP contribution is 2.33. The Hall–Kier alpha value is -1.46. The molecule has 0 saturated heterocycles. The lowest BCUT2D eigenvalue weighted by atomic mass is 10.0. The molecule has 6 heteroatoms. The Morgan fingerprint density at radius 3 is 2.32 bits per heavy atom. The molecule has 2 aromatic rings. The summed E-state index contributed by atoms with van der Waals surface area (Å²) < 4.78 is 49.8. The first-order valence-electron chi connectivity index (χ1n) is 5.30. The highest BCUT2D eigenvalue weighted by atomic mass is 35.7. The van der Waals surface area contributed by atoms with Crippen molar-refractivity contribution in [3.05, 3.63) is 53.6 Å². The summed E-state index contributed by atoms with van der Waals surface area (Å²) in [6.07, 6.45) is 0. The van der Waals surface area contributed by atoms with E-state index < -0.39 is 20.7 Å². The predicted octanol–water partition coefficient (Wildman–Crippen LogP) is 3.87. The number of hydrogen-bond acceptors (Lipinski definition) is 2. The molecule has 0 heterocycles. The monoisotopic (exact) mass is 302 g/mol. The van der Waals surface area contributed by atoms with Gasteiger partial charge in [0.05, 0.1) is 4.90 Å². The van der Waals surface area contributed by atoms with E-state index in [2.05, 4.69) is 0 Å². The fraction of sp³-hybridized carbons (Fsp3) is 0.0769. The second-order valence-electron chi connectivity index (χ2n) is 4.01. The van der Waals surface area contributed by atoms with Gasteiger partial charge in [-0.25, -0.2) is 17.2 Å². The molecule has 19 heavy (non-hydrogen) atoms. The van der Waals surface area contributed by atoms with E-state index in [1.165, 1.54) is 12.1 Å². The summed E-state index contributed by atoms with van der Waals surface area (Å²) in [5.41, 5.74) is 0.507. The van der Waals surface area contributed by atoms with Gasteiger partial charge in [-0.05, 0) is 24.6 Å². The topological polar surface area (TPSA) is 34.1 Å². The van der Waals surface area contributed by atoms with Gasteiger partial charge >= 0.3 is 0 Å². The minimum atomic E-state index is -4.03. The Bertz CT molecular complexity index is 742. The Labute approximate surface area is 114 Å². The van der Waals surface area contributed by atoms with E-state index in [0.29, 0.717) is 11.6 Å². The van der Waals surface area contributed by atoms with Crippen LogP contribution in [0.3, 0.4) is 0 Å². The van der Waals surface area contributed by atoms with Gasteiger partial charge in [-0.1, -0.05) is 18.2 Å². The van der Waals surface area contributed by atoms with Crippen LogP contribution in [0.5, 0.6) is 0 Å². The summed E-state index contributed by atoms with van der Waals surface area (Å²) >= 11 is 0. The molecule has 0 amide bonds. The molecule has 0 fully saturated rings. The minimum absolute atomic E-state index is 0.00988. The van der Waals surface area contributed by atoms with E-state index in [9.17, 15) is 17.2 Å². The summed E-state index contributed by atoms with van der Waals surface area (Å²) in [6, 6.07) is 7.51. The molecule has 0 aliphatic rings. The van der Waals surface area contributed by atoms with Crippen LogP contribution in [0.1, 0.15) is 5.56 Å². The molecule has 0 atom stereocenters. The van der Waals surface area contributed by atoms with Gasteiger partial charge < -0.3 is 0 Å². The van der Waals surface area contributed by atoms with Crippen molar-refractivity contribution < 1.29 is 17.2 Å². The molecule has 0 aliphatic heterocycles. The van der Waals surface area contributed by atoms with Crippen LogP contribution in [0.4, 0.5) is 8.78 Å². The quantitative estimate of drug-likeness (QED) is 0.789.